The topological polar surface area (TPSA) is 69.6 Å². The molecule has 12 heavy (non-hydrogen) atoms. The first-order valence-electron chi connectivity index (χ1n) is 3.42. The largest absolute Gasteiger partial charge is 0.508 e. The number of carbonyl (C=O) groups excluding carboxylic acids is 1. The third-order valence-corrected chi connectivity index (χ3v) is 1.29. The zero-order valence-electron chi connectivity index (χ0n) is 6.32. The van der Waals surface area contributed by atoms with Gasteiger partial charge in [-0.1, -0.05) is 0 Å². The minimum absolute atomic E-state index is 0.136. The number of benzene rings is 1. The molecule has 0 saturated heterocycles. The molecule has 1 rings (SSSR count). The lowest BCUT2D eigenvalue weighted by atomic mass is 10.3. The number of phenols is 1. The molecule has 0 aromatic heterocycles. The quantitative estimate of drug-likeness (QED) is 0.556. The first kappa shape index (κ1) is 8.55. The summed E-state index contributed by atoms with van der Waals surface area (Å²) in [7, 11) is 0. The average Bonchev–Trinajstić information content (AvgIpc) is 2.09. The van der Waals surface area contributed by atoms with Gasteiger partial charge in [0.05, 0.1) is 0 Å². The highest BCUT2D eigenvalue weighted by Crippen LogP contribution is 2.13. The smallest absolute Gasteiger partial charge is 0.250 e. The van der Waals surface area contributed by atoms with E-state index in [-0.39, 0.29) is 5.75 Å². The van der Waals surface area contributed by atoms with E-state index in [1.807, 2.05) is 0 Å². The van der Waals surface area contributed by atoms with Gasteiger partial charge in [-0.05, 0) is 24.3 Å². The lowest BCUT2D eigenvalue weighted by molar-refractivity contribution is -0.118. The molecule has 0 saturated carbocycles. The maximum Gasteiger partial charge on any atom is 0.250 e. The molecule has 1 aromatic rings. The van der Waals surface area contributed by atoms with Gasteiger partial charge in [-0.2, -0.15) is 0 Å². The first-order valence-corrected chi connectivity index (χ1v) is 3.42. The molecule has 64 valence electrons. The molecule has 3 N–H and O–H groups in total. The number of anilines is 1. The lowest BCUT2D eigenvalue weighted by Gasteiger charge is -2.01. The van der Waals surface area contributed by atoms with Crippen molar-refractivity contribution >= 4 is 11.6 Å². The van der Waals surface area contributed by atoms with E-state index in [1.165, 1.54) is 12.1 Å². The van der Waals surface area contributed by atoms with Crippen LogP contribution in [0.4, 0.5) is 5.69 Å². The van der Waals surface area contributed by atoms with Gasteiger partial charge in [-0.15, -0.1) is 0 Å². The summed E-state index contributed by atoms with van der Waals surface area (Å²) in [5.74, 6) is -0.335. The molecule has 4 heteroatoms. The number of aliphatic hydroxyl groups excluding tert-OH is 1. The second kappa shape index (κ2) is 3.73. The van der Waals surface area contributed by atoms with Gasteiger partial charge in [-0.3, -0.25) is 4.79 Å². The second-order valence-corrected chi connectivity index (χ2v) is 2.25. The summed E-state index contributed by atoms with van der Waals surface area (Å²) in [5, 5.41) is 19.7. The van der Waals surface area contributed by atoms with Crippen LogP contribution in [0.5, 0.6) is 5.75 Å². The summed E-state index contributed by atoms with van der Waals surface area (Å²) < 4.78 is 0. The van der Waals surface area contributed by atoms with Crippen LogP contribution >= 0.6 is 0 Å². The maximum atomic E-state index is 10.6. The van der Waals surface area contributed by atoms with Gasteiger partial charge >= 0.3 is 0 Å². The van der Waals surface area contributed by atoms with Crippen molar-refractivity contribution in [3.8, 4) is 5.75 Å². The fourth-order valence-corrected chi connectivity index (χ4v) is 0.745. The number of hydrogen-bond acceptors (Lipinski definition) is 3. The van der Waals surface area contributed by atoms with E-state index < -0.39 is 12.5 Å². The van der Waals surface area contributed by atoms with Crippen molar-refractivity contribution in [1.29, 1.82) is 0 Å². The van der Waals surface area contributed by atoms with Crippen LogP contribution in [0.25, 0.3) is 0 Å². The number of phenolic OH excluding ortho intramolecular Hbond substituents is 1. The number of aromatic hydroxyl groups is 1. The zero-order chi connectivity index (χ0) is 8.97. The number of rotatable bonds is 2. The van der Waals surface area contributed by atoms with Crippen LogP contribution in [0, 0.1) is 0 Å². The lowest BCUT2D eigenvalue weighted by Crippen LogP contribution is -2.15. The Hall–Kier alpha value is -1.55. The van der Waals surface area contributed by atoms with Crippen LogP contribution in [0.3, 0.4) is 0 Å². The summed E-state index contributed by atoms with van der Waals surface area (Å²) >= 11 is 0. The van der Waals surface area contributed by atoms with Crippen molar-refractivity contribution < 1.29 is 15.0 Å². The van der Waals surface area contributed by atoms with Crippen LogP contribution in [0.15, 0.2) is 24.3 Å². The predicted molar refractivity (Wildman–Crippen MR) is 43.8 cm³/mol. The molecule has 0 unspecified atom stereocenters. The van der Waals surface area contributed by atoms with E-state index in [0.29, 0.717) is 5.69 Å². The fourth-order valence-electron chi connectivity index (χ4n) is 0.745. The highest BCUT2D eigenvalue weighted by molar-refractivity contribution is 5.91. The highest BCUT2D eigenvalue weighted by Gasteiger charge is 1.98. The molecule has 0 heterocycles. The number of amides is 1. The van der Waals surface area contributed by atoms with Gasteiger partial charge in [0.1, 0.15) is 12.4 Å². The van der Waals surface area contributed by atoms with Crippen molar-refractivity contribution in [2.45, 2.75) is 0 Å². The first-order chi connectivity index (χ1) is 5.72. The van der Waals surface area contributed by atoms with Crippen molar-refractivity contribution in [3.05, 3.63) is 24.3 Å². The Kier molecular flexibility index (Phi) is 2.66. The molecule has 0 spiro atoms. The van der Waals surface area contributed by atoms with Gasteiger partial charge in [0, 0.05) is 5.69 Å². The number of hydrogen-bond donors (Lipinski definition) is 3. The van der Waals surface area contributed by atoms with Gasteiger partial charge in [0.2, 0.25) is 5.91 Å². The summed E-state index contributed by atoms with van der Waals surface area (Å²) in [6.07, 6.45) is 0. The maximum absolute atomic E-state index is 10.6. The summed E-state index contributed by atoms with van der Waals surface area (Å²) in [6.45, 7) is -0.541. The number of aliphatic hydroxyl groups is 1. The van der Waals surface area contributed by atoms with E-state index in [9.17, 15) is 4.79 Å². The average molecular weight is 167 g/mol. The molecule has 0 aliphatic carbocycles. The third-order valence-electron chi connectivity index (χ3n) is 1.29. The normalized spacial score (nSPS) is 9.42. The summed E-state index contributed by atoms with van der Waals surface area (Å²) in [5.41, 5.74) is 0.548. The second-order valence-electron chi connectivity index (χ2n) is 2.25. The monoisotopic (exact) mass is 167 g/mol. The summed E-state index contributed by atoms with van der Waals surface area (Å²) in [4.78, 5) is 10.6. The zero-order valence-corrected chi connectivity index (χ0v) is 6.32. The van der Waals surface area contributed by atoms with Crippen molar-refractivity contribution in [2.75, 3.05) is 11.9 Å². The van der Waals surface area contributed by atoms with Crippen molar-refractivity contribution in [1.82, 2.24) is 0 Å². The van der Waals surface area contributed by atoms with Crippen LogP contribution < -0.4 is 5.32 Å². The highest BCUT2D eigenvalue weighted by atomic mass is 16.3. The molecule has 1 aromatic carbocycles. The molecule has 4 nitrogen and oxygen atoms in total. The molecule has 1 amide bonds. The van der Waals surface area contributed by atoms with Crippen LogP contribution in [-0.2, 0) is 4.79 Å². The minimum Gasteiger partial charge on any atom is -0.508 e. The Morgan fingerprint density at radius 3 is 2.42 bits per heavy atom. The molecular weight excluding hydrogens is 158 g/mol. The molecule has 0 fully saturated rings. The predicted octanol–water partition coefficient (Wildman–Crippen LogP) is 0.323. The number of nitrogens with one attached hydrogen (secondary N) is 1. The molecule has 0 aliphatic heterocycles. The Labute approximate surface area is 69.5 Å². The summed E-state index contributed by atoms with van der Waals surface area (Å²) in [6, 6.07) is 5.99. The van der Waals surface area contributed by atoms with Gasteiger partial charge < -0.3 is 15.5 Å². The minimum atomic E-state index is -0.541. The Morgan fingerprint density at radius 2 is 1.92 bits per heavy atom. The van der Waals surface area contributed by atoms with Crippen LogP contribution in [-0.4, -0.2) is 22.7 Å². The fraction of sp³-hybridized carbons (Fsp3) is 0.125. The Balaban J connectivity index is 2.64. The molecule has 0 atom stereocenters. The van der Waals surface area contributed by atoms with Crippen LogP contribution in [0.2, 0.25) is 0 Å². The number of carbonyl (C=O) groups is 1. The van der Waals surface area contributed by atoms with E-state index in [1.54, 1.807) is 12.1 Å². The standard InChI is InChI=1S/C8H9NO3/c10-5-8(12)9-6-1-3-7(11)4-2-6/h1-4,10-11H,5H2,(H,9,12). The van der Waals surface area contributed by atoms with E-state index in [0.717, 1.165) is 0 Å². The van der Waals surface area contributed by atoms with Crippen molar-refractivity contribution in [3.63, 3.8) is 0 Å². The van der Waals surface area contributed by atoms with E-state index in [4.69, 9.17) is 10.2 Å². The van der Waals surface area contributed by atoms with Crippen molar-refractivity contribution in [2.24, 2.45) is 0 Å². The van der Waals surface area contributed by atoms with E-state index >= 15 is 0 Å². The third kappa shape index (κ3) is 2.25. The molecule has 0 radical (unpaired) electrons. The molecule has 0 bridgehead atoms. The van der Waals surface area contributed by atoms with Crippen LogP contribution in [0.1, 0.15) is 0 Å². The van der Waals surface area contributed by atoms with Gasteiger partial charge in [-0.25, -0.2) is 0 Å². The molecule has 0 aliphatic rings. The van der Waals surface area contributed by atoms with Gasteiger partial charge in [0.15, 0.2) is 0 Å². The Morgan fingerprint density at radius 1 is 1.33 bits per heavy atom. The van der Waals surface area contributed by atoms with E-state index in [2.05, 4.69) is 5.32 Å². The Bertz CT molecular complexity index is 268. The molecular formula is C8H9NO3. The van der Waals surface area contributed by atoms with Gasteiger partial charge in [0.25, 0.3) is 0 Å². The SMILES string of the molecule is O=C(CO)Nc1ccc(O)cc1.